The third-order valence-corrected chi connectivity index (χ3v) is 4.13. The van der Waals surface area contributed by atoms with Crippen LogP contribution in [0.5, 0.6) is 5.75 Å². The lowest BCUT2D eigenvalue weighted by atomic mass is 10.1. The van der Waals surface area contributed by atoms with Crippen molar-refractivity contribution < 1.29 is 18.7 Å². The Kier molecular flexibility index (Phi) is 6.72. The fraction of sp³-hybridized carbons (Fsp3) is 0.300. The molecule has 0 aliphatic rings. The number of carbonyl (C=O) groups excluding carboxylic acids is 2. The highest BCUT2D eigenvalue weighted by Crippen LogP contribution is 2.21. The molecule has 0 aliphatic heterocycles. The van der Waals surface area contributed by atoms with Gasteiger partial charge in [-0.05, 0) is 56.0 Å². The number of ether oxygens (including phenoxy) is 1. The van der Waals surface area contributed by atoms with Crippen molar-refractivity contribution >= 4 is 11.8 Å². The normalized spacial score (nSPS) is 11.5. The summed E-state index contributed by atoms with van der Waals surface area (Å²) in [5.74, 6) is -0.593. The van der Waals surface area contributed by atoms with Crippen molar-refractivity contribution in [2.75, 3.05) is 0 Å². The Morgan fingerprint density at radius 1 is 1.08 bits per heavy atom. The summed E-state index contributed by atoms with van der Waals surface area (Å²) in [6, 6.07) is 11.9. The van der Waals surface area contributed by atoms with Crippen molar-refractivity contribution in [3.05, 3.63) is 65.0 Å². The van der Waals surface area contributed by atoms with Gasteiger partial charge in [0.05, 0.1) is 0 Å². The van der Waals surface area contributed by atoms with Crippen LogP contribution in [0.25, 0.3) is 0 Å². The standard InChI is InChI=1S/C20H23FN2O3/c1-13-7-6-10-18(14(13)2)26-15(3)20(25)23-22-19(24)12-11-16-8-4-5-9-17(16)21/h4-10,15H,11-12H2,1-3H3,(H,22,24)(H,23,25). The van der Waals surface area contributed by atoms with Gasteiger partial charge in [0.15, 0.2) is 6.10 Å². The Morgan fingerprint density at radius 2 is 1.81 bits per heavy atom. The van der Waals surface area contributed by atoms with E-state index in [-0.39, 0.29) is 18.7 Å². The van der Waals surface area contributed by atoms with Gasteiger partial charge in [0, 0.05) is 6.42 Å². The number of benzene rings is 2. The zero-order chi connectivity index (χ0) is 19.1. The lowest BCUT2D eigenvalue weighted by Crippen LogP contribution is -2.47. The topological polar surface area (TPSA) is 67.4 Å². The largest absolute Gasteiger partial charge is 0.481 e. The SMILES string of the molecule is Cc1cccc(OC(C)C(=O)NNC(=O)CCc2ccccc2F)c1C. The van der Waals surface area contributed by atoms with E-state index in [9.17, 15) is 14.0 Å². The molecular formula is C20H23FN2O3. The maximum atomic E-state index is 13.5. The van der Waals surface area contributed by atoms with Gasteiger partial charge in [0.25, 0.3) is 5.91 Å². The van der Waals surface area contributed by atoms with Crippen LogP contribution in [0, 0.1) is 19.7 Å². The number of amides is 2. The van der Waals surface area contributed by atoms with E-state index in [1.807, 2.05) is 26.0 Å². The highest BCUT2D eigenvalue weighted by molar-refractivity contribution is 5.84. The van der Waals surface area contributed by atoms with E-state index in [1.165, 1.54) is 6.07 Å². The van der Waals surface area contributed by atoms with Crippen LogP contribution in [0.1, 0.15) is 30.0 Å². The molecule has 0 aliphatic carbocycles. The fourth-order valence-corrected chi connectivity index (χ4v) is 2.34. The summed E-state index contributed by atoms with van der Waals surface area (Å²) in [4.78, 5) is 23.9. The molecule has 138 valence electrons. The molecule has 0 radical (unpaired) electrons. The first-order valence-corrected chi connectivity index (χ1v) is 8.43. The van der Waals surface area contributed by atoms with Crippen molar-refractivity contribution in [1.29, 1.82) is 0 Å². The Hall–Kier alpha value is -2.89. The maximum Gasteiger partial charge on any atom is 0.279 e. The Balaban J connectivity index is 1.79. The molecule has 26 heavy (non-hydrogen) atoms. The predicted molar refractivity (Wildman–Crippen MR) is 97.0 cm³/mol. The monoisotopic (exact) mass is 358 g/mol. The van der Waals surface area contributed by atoms with E-state index in [2.05, 4.69) is 10.9 Å². The molecule has 1 atom stereocenters. The minimum absolute atomic E-state index is 0.0629. The van der Waals surface area contributed by atoms with Gasteiger partial charge < -0.3 is 4.74 Å². The molecule has 1 unspecified atom stereocenters. The number of halogens is 1. The number of nitrogens with one attached hydrogen (secondary N) is 2. The Labute approximate surface area is 152 Å². The number of hydrazine groups is 1. The molecule has 2 aromatic rings. The molecule has 0 heterocycles. The van der Waals surface area contributed by atoms with Crippen LogP contribution in [-0.2, 0) is 16.0 Å². The number of hydrogen-bond acceptors (Lipinski definition) is 3. The van der Waals surface area contributed by atoms with Crippen molar-refractivity contribution in [2.24, 2.45) is 0 Å². The van der Waals surface area contributed by atoms with Gasteiger partial charge in [0.2, 0.25) is 5.91 Å². The van der Waals surface area contributed by atoms with Gasteiger partial charge in [-0.25, -0.2) is 4.39 Å². The summed E-state index contributed by atoms with van der Waals surface area (Å²) in [6.07, 6.45) is -0.460. The van der Waals surface area contributed by atoms with E-state index in [0.717, 1.165) is 11.1 Å². The lowest BCUT2D eigenvalue weighted by molar-refractivity contribution is -0.132. The molecule has 0 fully saturated rings. The highest BCUT2D eigenvalue weighted by atomic mass is 19.1. The Bertz CT molecular complexity index is 792. The second-order valence-corrected chi connectivity index (χ2v) is 6.09. The molecule has 0 saturated carbocycles. The van der Waals surface area contributed by atoms with Crippen molar-refractivity contribution in [3.8, 4) is 5.75 Å². The number of carbonyl (C=O) groups is 2. The van der Waals surface area contributed by atoms with Gasteiger partial charge in [0.1, 0.15) is 11.6 Å². The predicted octanol–water partition coefficient (Wildman–Crippen LogP) is 2.99. The third kappa shape index (κ3) is 5.31. The van der Waals surface area contributed by atoms with Crippen LogP contribution < -0.4 is 15.6 Å². The minimum Gasteiger partial charge on any atom is -0.481 e. The van der Waals surface area contributed by atoms with E-state index in [0.29, 0.717) is 11.3 Å². The summed E-state index contributed by atoms with van der Waals surface area (Å²) in [5, 5.41) is 0. The molecule has 5 nitrogen and oxygen atoms in total. The third-order valence-electron chi connectivity index (χ3n) is 4.13. The molecule has 0 bridgehead atoms. The molecule has 6 heteroatoms. The fourth-order valence-electron chi connectivity index (χ4n) is 2.34. The smallest absolute Gasteiger partial charge is 0.279 e. The van der Waals surface area contributed by atoms with Crippen LogP contribution in [0.2, 0.25) is 0 Å². The van der Waals surface area contributed by atoms with Crippen LogP contribution in [0.3, 0.4) is 0 Å². The van der Waals surface area contributed by atoms with E-state index in [4.69, 9.17) is 4.74 Å². The molecule has 2 N–H and O–H groups in total. The first-order chi connectivity index (χ1) is 12.4. The molecule has 2 amide bonds. The first kappa shape index (κ1) is 19.4. The van der Waals surface area contributed by atoms with Gasteiger partial charge in [-0.3, -0.25) is 20.4 Å². The first-order valence-electron chi connectivity index (χ1n) is 8.43. The van der Waals surface area contributed by atoms with Gasteiger partial charge in [-0.1, -0.05) is 30.3 Å². The molecule has 0 saturated heterocycles. The van der Waals surface area contributed by atoms with Gasteiger partial charge in [-0.15, -0.1) is 0 Å². The number of hydrogen-bond donors (Lipinski definition) is 2. The van der Waals surface area contributed by atoms with Crippen molar-refractivity contribution in [2.45, 2.75) is 39.7 Å². The van der Waals surface area contributed by atoms with Crippen LogP contribution >= 0.6 is 0 Å². The maximum absolute atomic E-state index is 13.5. The second kappa shape index (κ2) is 8.99. The van der Waals surface area contributed by atoms with Crippen molar-refractivity contribution in [3.63, 3.8) is 0 Å². The quantitative estimate of drug-likeness (QED) is 0.780. The van der Waals surface area contributed by atoms with E-state index < -0.39 is 17.9 Å². The highest BCUT2D eigenvalue weighted by Gasteiger charge is 2.16. The molecule has 2 rings (SSSR count). The summed E-state index contributed by atoms with van der Waals surface area (Å²) < 4.78 is 19.2. The lowest BCUT2D eigenvalue weighted by Gasteiger charge is -2.17. The average molecular weight is 358 g/mol. The minimum atomic E-state index is -0.776. The number of aryl methyl sites for hydroxylation is 2. The second-order valence-electron chi connectivity index (χ2n) is 6.09. The van der Waals surface area contributed by atoms with E-state index in [1.54, 1.807) is 31.2 Å². The summed E-state index contributed by atoms with van der Waals surface area (Å²) in [7, 11) is 0. The molecule has 0 spiro atoms. The van der Waals surface area contributed by atoms with Crippen LogP contribution in [-0.4, -0.2) is 17.9 Å². The zero-order valence-electron chi connectivity index (χ0n) is 15.1. The summed E-state index contributed by atoms with van der Waals surface area (Å²) in [5.41, 5.74) is 7.14. The molecule has 0 aromatic heterocycles. The summed E-state index contributed by atoms with van der Waals surface area (Å²) >= 11 is 0. The van der Waals surface area contributed by atoms with Gasteiger partial charge in [-0.2, -0.15) is 0 Å². The van der Waals surface area contributed by atoms with Crippen LogP contribution in [0.15, 0.2) is 42.5 Å². The van der Waals surface area contributed by atoms with Crippen molar-refractivity contribution in [1.82, 2.24) is 10.9 Å². The van der Waals surface area contributed by atoms with Gasteiger partial charge >= 0.3 is 0 Å². The van der Waals surface area contributed by atoms with Crippen LogP contribution in [0.4, 0.5) is 4.39 Å². The zero-order valence-corrected chi connectivity index (χ0v) is 15.1. The number of rotatable bonds is 6. The summed E-state index contributed by atoms with van der Waals surface area (Å²) in [6.45, 7) is 5.48. The Morgan fingerprint density at radius 3 is 2.54 bits per heavy atom. The van der Waals surface area contributed by atoms with E-state index >= 15 is 0 Å². The average Bonchev–Trinajstić information content (AvgIpc) is 2.62. The molecule has 2 aromatic carbocycles. The molecular weight excluding hydrogens is 335 g/mol.